The van der Waals surface area contributed by atoms with Crippen LogP contribution in [0, 0.1) is 5.92 Å². The molecule has 3 unspecified atom stereocenters. The summed E-state index contributed by atoms with van der Waals surface area (Å²) in [4.78, 5) is 2.73. The van der Waals surface area contributed by atoms with Gasteiger partial charge in [0.2, 0.25) is 0 Å². The van der Waals surface area contributed by atoms with E-state index in [1.165, 1.54) is 32.2 Å². The van der Waals surface area contributed by atoms with Gasteiger partial charge in [0.15, 0.2) is 0 Å². The second-order valence-corrected chi connectivity index (χ2v) is 4.35. The smallest absolute Gasteiger partial charge is 0.0124 e. The second kappa shape index (κ2) is 2.78. The molecule has 0 aromatic rings. The van der Waals surface area contributed by atoms with Crippen LogP contribution in [0.1, 0.15) is 39.5 Å². The zero-order chi connectivity index (χ0) is 7.84. The molecule has 2 fully saturated rings. The van der Waals surface area contributed by atoms with Gasteiger partial charge in [-0.3, -0.25) is 4.90 Å². The number of fused-ring (bicyclic) bond motifs is 1. The predicted octanol–water partition coefficient (Wildman–Crippen LogP) is 2.27. The summed E-state index contributed by atoms with van der Waals surface area (Å²) >= 11 is 0. The summed E-state index contributed by atoms with van der Waals surface area (Å²) in [5.74, 6) is 0.970. The Balaban J connectivity index is 2.07. The van der Waals surface area contributed by atoms with Gasteiger partial charge in [0.25, 0.3) is 0 Å². The van der Waals surface area contributed by atoms with Crippen LogP contribution in [0.4, 0.5) is 0 Å². The zero-order valence-corrected chi connectivity index (χ0v) is 7.71. The largest absolute Gasteiger partial charge is 0.297 e. The van der Waals surface area contributed by atoms with E-state index in [0.717, 1.165) is 18.0 Å². The molecule has 0 spiro atoms. The highest BCUT2D eigenvalue weighted by Gasteiger charge is 2.35. The van der Waals surface area contributed by atoms with Crippen LogP contribution in [0.5, 0.6) is 0 Å². The van der Waals surface area contributed by atoms with Crippen molar-refractivity contribution in [1.82, 2.24) is 4.90 Å². The first-order chi connectivity index (χ1) is 5.29. The van der Waals surface area contributed by atoms with Crippen molar-refractivity contribution >= 4 is 0 Å². The van der Waals surface area contributed by atoms with Gasteiger partial charge in [-0.1, -0.05) is 13.3 Å². The summed E-state index contributed by atoms with van der Waals surface area (Å²) in [5, 5.41) is 0. The first-order valence-corrected chi connectivity index (χ1v) is 5.05. The lowest BCUT2D eigenvalue weighted by Gasteiger charge is -2.37. The summed E-state index contributed by atoms with van der Waals surface area (Å²) in [6, 6.07) is 1.82. The lowest BCUT2D eigenvalue weighted by molar-refractivity contribution is 0.119. The normalized spacial score (nSPS) is 45.8. The van der Waals surface area contributed by atoms with Crippen molar-refractivity contribution in [2.45, 2.75) is 51.6 Å². The van der Waals surface area contributed by atoms with Crippen LogP contribution in [0.3, 0.4) is 0 Å². The zero-order valence-electron chi connectivity index (χ0n) is 7.71. The Labute approximate surface area is 69.8 Å². The highest BCUT2D eigenvalue weighted by atomic mass is 15.2. The number of hydrogen-bond acceptors (Lipinski definition) is 1. The van der Waals surface area contributed by atoms with Gasteiger partial charge in [-0.05, 0) is 38.6 Å². The third kappa shape index (κ3) is 1.20. The molecule has 0 N–H and O–H groups in total. The third-order valence-corrected chi connectivity index (χ3v) is 3.61. The van der Waals surface area contributed by atoms with E-state index in [1.54, 1.807) is 0 Å². The Morgan fingerprint density at radius 2 is 1.91 bits per heavy atom. The molecule has 1 nitrogen and oxygen atoms in total. The molecule has 0 amide bonds. The minimum atomic E-state index is 0.874. The molecule has 64 valence electrons. The van der Waals surface area contributed by atoms with E-state index in [-0.39, 0.29) is 0 Å². The van der Waals surface area contributed by atoms with Crippen LogP contribution < -0.4 is 0 Å². The van der Waals surface area contributed by atoms with Crippen molar-refractivity contribution < 1.29 is 0 Å². The number of hydrogen-bond donors (Lipinski definition) is 0. The summed E-state index contributed by atoms with van der Waals surface area (Å²) < 4.78 is 0. The first-order valence-electron chi connectivity index (χ1n) is 5.05. The summed E-state index contributed by atoms with van der Waals surface area (Å²) in [6.07, 6.45) is 5.80. The van der Waals surface area contributed by atoms with Crippen molar-refractivity contribution in [2.75, 3.05) is 6.54 Å². The van der Waals surface area contributed by atoms with Gasteiger partial charge >= 0.3 is 0 Å². The first kappa shape index (κ1) is 7.60. The monoisotopic (exact) mass is 153 g/mol. The van der Waals surface area contributed by atoms with Gasteiger partial charge in [-0.25, -0.2) is 0 Å². The maximum Gasteiger partial charge on any atom is 0.0124 e. The van der Waals surface area contributed by atoms with Crippen LogP contribution in [0.2, 0.25) is 0 Å². The molecular weight excluding hydrogens is 134 g/mol. The van der Waals surface area contributed by atoms with Crippen LogP contribution in [0.25, 0.3) is 0 Å². The van der Waals surface area contributed by atoms with Crippen molar-refractivity contribution in [3.63, 3.8) is 0 Å². The predicted molar refractivity (Wildman–Crippen MR) is 47.6 cm³/mol. The molecule has 0 radical (unpaired) electrons. The van der Waals surface area contributed by atoms with E-state index in [4.69, 9.17) is 0 Å². The number of rotatable bonds is 0. The highest BCUT2D eigenvalue weighted by molar-refractivity contribution is 4.90. The molecule has 0 aromatic carbocycles. The Morgan fingerprint density at radius 1 is 1.09 bits per heavy atom. The molecule has 2 aliphatic rings. The molecule has 2 heterocycles. The average Bonchev–Trinajstić information content (AvgIpc) is 2.35. The molecule has 2 aliphatic heterocycles. The highest BCUT2D eigenvalue weighted by Crippen LogP contribution is 2.34. The topological polar surface area (TPSA) is 3.24 Å². The molecule has 3 atom stereocenters. The Hall–Kier alpha value is -0.0400. The third-order valence-electron chi connectivity index (χ3n) is 3.61. The average molecular weight is 153 g/mol. The standard InChI is InChI=1S/C10H19N/c1-8-6-7-11-9(2)4-3-5-10(8)11/h8-10H,3-7H2,1-2H3. The molecule has 1 heteroatoms. The molecule has 11 heavy (non-hydrogen) atoms. The van der Waals surface area contributed by atoms with Crippen molar-refractivity contribution in [3.05, 3.63) is 0 Å². The quantitative estimate of drug-likeness (QED) is 0.516. The Kier molecular flexibility index (Phi) is 1.92. The minimum Gasteiger partial charge on any atom is -0.297 e. The van der Waals surface area contributed by atoms with E-state index in [1.807, 2.05) is 0 Å². The molecule has 0 aromatic heterocycles. The summed E-state index contributed by atoms with van der Waals surface area (Å²) in [7, 11) is 0. The number of piperidine rings is 1. The van der Waals surface area contributed by atoms with Crippen LogP contribution >= 0.6 is 0 Å². The second-order valence-electron chi connectivity index (χ2n) is 4.35. The summed E-state index contributed by atoms with van der Waals surface area (Å²) in [5.41, 5.74) is 0. The van der Waals surface area contributed by atoms with Crippen molar-refractivity contribution in [1.29, 1.82) is 0 Å². The Bertz CT molecular complexity index is 142. The van der Waals surface area contributed by atoms with Gasteiger partial charge in [-0.15, -0.1) is 0 Å². The van der Waals surface area contributed by atoms with E-state index >= 15 is 0 Å². The lowest BCUT2D eigenvalue weighted by Crippen LogP contribution is -2.42. The molecule has 0 saturated carbocycles. The molecule has 0 aliphatic carbocycles. The summed E-state index contributed by atoms with van der Waals surface area (Å²) in [6.45, 7) is 6.18. The fraction of sp³-hybridized carbons (Fsp3) is 1.00. The van der Waals surface area contributed by atoms with Gasteiger partial charge < -0.3 is 0 Å². The molecule has 0 bridgehead atoms. The van der Waals surface area contributed by atoms with Crippen molar-refractivity contribution in [2.24, 2.45) is 5.92 Å². The van der Waals surface area contributed by atoms with E-state index in [9.17, 15) is 0 Å². The molecule has 2 saturated heterocycles. The maximum absolute atomic E-state index is 2.73. The van der Waals surface area contributed by atoms with Gasteiger partial charge in [0.1, 0.15) is 0 Å². The number of nitrogens with zero attached hydrogens (tertiary/aromatic N) is 1. The van der Waals surface area contributed by atoms with Crippen LogP contribution in [-0.4, -0.2) is 23.5 Å². The van der Waals surface area contributed by atoms with Gasteiger partial charge in [-0.2, -0.15) is 0 Å². The van der Waals surface area contributed by atoms with E-state index in [2.05, 4.69) is 18.7 Å². The van der Waals surface area contributed by atoms with Crippen LogP contribution in [0.15, 0.2) is 0 Å². The van der Waals surface area contributed by atoms with Crippen LogP contribution in [-0.2, 0) is 0 Å². The van der Waals surface area contributed by atoms with Crippen molar-refractivity contribution in [3.8, 4) is 0 Å². The Morgan fingerprint density at radius 3 is 2.64 bits per heavy atom. The van der Waals surface area contributed by atoms with Gasteiger partial charge in [0, 0.05) is 12.1 Å². The molecule has 2 rings (SSSR count). The lowest BCUT2D eigenvalue weighted by atomic mass is 9.92. The van der Waals surface area contributed by atoms with Gasteiger partial charge in [0.05, 0.1) is 0 Å². The fourth-order valence-corrected chi connectivity index (χ4v) is 2.82. The minimum absolute atomic E-state index is 0.874. The van der Waals surface area contributed by atoms with E-state index in [0.29, 0.717) is 0 Å². The fourth-order valence-electron chi connectivity index (χ4n) is 2.82. The maximum atomic E-state index is 2.73. The SMILES string of the molecule is CC1CCN2C(C)CCCC12. The molecular formula is C10H19N. The van der Waals surface area contributed by atoms with E-state index < -0.39 is 0 Å².